The number of ether oxygens (including phenoxy) is 1. The Morgan fingerprint density at radius 1 is 1.09 bits per heavy atom. The average molecular weight is 304 g/mol. The van der Waals surface area contributed by atoms with Crippen LogP contribution in [0.15, 0.2) is 53.7 Å². The third-order valence-corrected chi connectivity index (χ3v) is 4.84. The number of rotatable bonds is 1. The lowest BCUT2D eigenvalue weighted by Gasteiger charge is -2.18. The summed E-state index contributed by atoms with van der Waals surface area (Å²) in [5.41, 5.74) is 6.37. The molecule has 1 amide bonds. The molecule has 2 aromatic rings. The fraction of sp³-hybridized carbons (Fsp3) is 0.211. The lowest BCUT2D eigenvalue weighted by molar-refractivity contribution is -0.114. The number of benzene rings is 2. The SMILES string of the molecule is O=C1C2=C(CN1c1ccc3c(c1)CCO3)Nc1ccccc1C2. The number of fused-ring (bicyclic) bond motifs is 2. The highest BCUT2D eigenvalue weighted by molar-refractivity contribution is 6.10. The second-order valence-corrected chi connectivity index (χ2v) is 6.20. The van der Waals surface area contributed by atoms with Crippen molar-refractivity contribution in [3.63, 3.8) is 0 Å². The minimum absolute atomic E-state index is 0.112. The molecule has 3 aliphatic heterocycles. The van der Waals surface area contributed by atoms with Gasteiger partial charge < -0.3 is 15.0 Å². The van der Waals surface area contributed by atoms with Crippen LogP contribution in [0.2, 0.25) is 0 Å². The molecule has 0 bridgehead atoms. The summed E-state index contributed by atoms with van der Waals surface area (Å²) in [6, 6.07) is 14.2. The van der Waals surface area contributed by atoms with Gasteiger partial charge in [-0.05, 0) is 35.4 Å². The van der Waals surface area contributed by atoms with Gasteiger partial charge in [0.05, 0.1) is 13.2 Å². The van der Waals surface area contributed by atoms with Gasteiger partial charge in [0.2, 0.25) is 0 Å². The largest absolute Gasteiger partial charge is 0.493 e. The van der Waals surface area contributed by atoms with Crippen LogP contribution < -0.4 is 15.0 Å². The van der Waals surface area contributed by atoms with Crippen molar-refractivity contribution in [3.05, 3.63) is 64.9 Å². The second-order valence-electron chi connectivity index (χ2n) is 6.20. The molecule has 0 aliphatic carbocycles. The second kappa shape index (κ2) is 4.62. The summed E-state index contributed by atoms with van der Waals surface area (Å²) in [7, 11) is 0. The van der Waals surface area contributed by atoms with Crippen LogP contribution in [0.25, 0.3) is 0 Å². The third kappa shape index (κ3) is 1.88. The van der Waals surface area contributed by atoms with Gasteiger partial charge in [0.1, 0.15) is 5.75 Å². The maximum absolute atomic E-state index is 12.8. The number of hydrogen-bond donors (Lipinski definition) is 1. The van der Waals surface area contributed by atoms with Crippen LogP contribution in [-0.2, 0) is 17.6 Å². The van der Waals surface area contributed by atoms with Gasteiger partial charge in [-0.25, -0.2) is 0 Å². The van der Waals surface area contributed by atoms with Gasteiger partial charge in [0.15, 0.2) is 0 Å². The topological polar surface area (TPSA) is 41.6 Å². The summed E-state index contributed by atoms with van der Waals surface area (Å²) in [5, 5.41) is 3.43. The van der Waals surface area contributed by atoms with Gasteiger partial charge >= 0.3 is 0 Å². The van der Waals surface area contributed by atoms with Gasteiger partial charge in [-0.15, -0.1) is 0 Å². The van der Waals surface area contributed by atoms with E-state index in [1.807, 2.05) is 29.2 Å². The van der Waals surface area contributed by atoms with Crippen molar-refractivity contribution >= 4 is 17.3 Å². The van der Waals surface area contributed by atoms with Crippen molar-refractivity contribution in [1.29, 1.82) is 0 Å². The first-order valence-corrected chi connectivity index (χ1v) is 7.94. The summed E-state index contributed by atoms with van der Waals surface area (Å²) in [6.07, 6.45) is 1.63. The molecular formula is C19H16N2O2. The average Bonchev–Trinajstić information content (AvgIpc) is 3.17. The Hall–Kier alpha value is -2.75. The zero-order valence-corrected chi connectivity index (χ0v) is 12.6. The molecule has 4 nitrogen and oxygen atoms in total. The molecule has 0 radical (unpaired) electrons. The minimum Gasteiger partial charge on any atom is -0.493 e. The van der Waals surface area contributed by atoms with E-state index in [1.54, 1.807) is 0 Å². The van der Waals surface area contributed by atoms with Crippen molar-refractivity contribution in [2.75, 3.05) is 23.4 Å². The van der Waals surface area contributed by atoms with Gasteiger partial charge in [-0.2, -0.15) is 0 Å². The van der Waals surface area contributed by atoms with E-state index in [0.717, 1.165) is 41.4 Å². The Morgan fingerprint density at radius 3 is 2.96 bits per heavy atom. The van der Waals surface area contributed by atoms with E-state index < -0.39 is 0 Å². The monoisotopic (exact) mass is 304 g/mol. The number of hydrogen-bond acceptors (Lipinski definition) is 3. The van der Waals surface area contributed by atoms with Gasteiger partial charge in [0, 0.05) is 35.5 Å². The van der Waals surface area contributed by atoms with Crippen molar-refractivity contribution in [1.82, 2.24) is 0 Å². The quantitative estimate of drug-likeness (QED) is 0.881. The van der Waals surface area contributed by atoms with Gasteiger partial charge in [-0.3, -0.25) is 4.79 Å². The van der Waals surface area contributed by atoms with E-state index in [-0.39, 0.29) is 5.91 Å². The molecule has 0 saturated heterocycles. The highest BCUT2D eigenvalue weighted by Gasteiger charge is 2.34. The Kier molecular flexibility index (Phi) is 2.56. The first kappa shape index (κ1) is 12.8. The molecule has 0 spiro atoms. The normalized spacial score (nSPS) is 18.3. The number of nitrogens with zero attached hydrogens (tertiary/aromatic N) is 1. The number of anilines is 2. The van der Waals surface area contributed by atoms with E-state index in [9.17, 15) is 4.79 Å². The molecule has 0 fully saturated rings. The molecule has 2 aromatic carbocycles. The van der Waals surface area contributed by atoms with Crippen molar-refractivity contribution in [2.45, 2.75) is 12.8 Å². The highest BCUT2D eigenvalue weighted by Crippen LogP contribution is 2.36. The van der Waals surface area contributed by atoms with Crippen molar-refractivity contribution < 1.29 is 9.53 Å². The van der Waals surface area contributed by atoms with Crippen LogP contribution in [0.5, 0.6) is 5.75 Å². The molecule has 114 valence electrons. The Bertz CT molecular complexity index is 869. The molecule has 4 heteroatoms. The Balaban J connectivity index is 1.47. The summed E-state index contributed by atoms with van der Waals surface area (Å²) in [4.78, 5) is 14.7. The number of carbonyl (C=O) groups excluding carboxylic acids is 1. The van der Waals surface area contributed by atoms with Crippen LogP contribution in [-0.4, -0.2) is 19.1 Å². The van der Waals surface area contributed by atoms with E-state index in [1.165, 1.54) is 11.1 Å². The van der Waals surface area contributed by atoms with E-state index >= 15 is 0 Å². The molecule has 0 atom stereocenters. The summed E-state index contributed by atoms with van der Waals surface area (Å²) in [5.74, 6) is 1.06. The molecule has 5 rings (SSSR count). The molecular weight excluding hydrogens is 288 g/mol. The van der Waals surface area contributed by atoms with Crippen molar-refractivity contribution in [2.24, 2.45) is 0 Å². The molecule has 0 unspecified atom stereocenters. The smallest absolute Gasteiger partial charge is 0.256 e. The van der Waals surface area contributed by atoms with E-state index in [0.29, 0.717) is 13.0 Å². The summed E-state index contributed by atoms with van der Waals surface area (Å²) >= 11 is 0. The molecule has 3 aliphatic rings. The van der Waals surface area contributed by atoms with Crippen LogP contribution in [0, 0.1) is 0 Å². The number of amides is 1. The maximum Gasteiger partial charge on any atom is 0.256 e. The summed E-state index contributed by atoms with van der Waals surface area (Å²) in [6.45, 7) is 1.35. The maximum atomic E-state index is 12.8. The van der Waals surface area contributed by atoms with Crippen molar-refractivity contribution in [3.8, 4) is 5.75 Å². The first-order chi connectivity index (χ1) is 11.3. The molecule has 0 saturated carbocycles. The van der Waals surface area contributed by atoms with E-state index in [2.05, 4.69) is 23.5 Å². The lowest BCUT2D eigenvalue weighted by atomic mass is 9.99. The number of nitrogens with one attached hydrogen (secondary N) is 1. The standard InChI is InChI=1S/C19H16N2O2/c22-19-15-10-12-3-1-2-4-16(12)20-17(15)11-21(19)14-5-6-18-13(9-14)7-8-23-18/h1-6,9,20H,7-8,10-11H2. The Labute approximate surface area is 134 Å². The zero-order valence-electron chi connectivity index (χ0n) is 12.6. The third-order valence-electron chi connectivity index (χ3n) is 4.84. The van der Waals surface area contributed by atoms with Crippen LogP contribution >= 0.6 is 0 Å². The van der Waals surface area contributed by atoms with Crippen LogP contribution in [0.1, 0.15) is 11.1 Å². The molecule has 0 aromatic heterocycles. The number of para-hydroxylation sites is 1. The van der Waals surface area contributed by atoms with Crippen LogP contribution in [0.3, 0.4) is 0 Å². The lowest BCUT2D eigenvalue weighted by Crippen LogP contribution is -2.27. The zero-order chi connectivity index (χ0) is 15.4. The van der Waals surface area contributed by atoms with Crippen LogP contribution in [0.4, 0.5) is 11.4 Å². The van der Waals surface area contributed by atoms with E-state index in [4.69, 9.17) is 4.74 Å². The fourth-order valence-corrected chi connectivity index (χ4v) is 3.61. The minimum atomic E-state index is 0.112. The molecule has 23 heavy (non-hydrogen) atoms. The number of carbonyl (C=O) groups is 1. The highest BCUT2D eigenvalue weighted by atomic mass is 16.5. The summed E-state index contributed by atoms with van der Waals surface area (Å²) < 4.78 is 5.55. The fourth-order valence-electron chi connectivity index (χ4n) is 3.61. The van der Waals surface area contributed by atoms with Gasteiger partial charge in [-0.1, -0.05) is 18.2 Å². The first-order valence-electron chi connectivity index (χ1n) is 7.94. The predicted molar refractivity (Wildman–Crippen MR) is 88.8 cm³/mol. The van der Waals surface area contributed by atoms with Gasteiger partial charge in [0.25, 0.3) is 5.91 Å². The Morgan fingerprint density at radius 2 is 2.00 bits per heavy atom. The predicted octanol–water partition coefficient (Wildman–Crippen LogP) is 2.89. The molecule has 1 N–H and O–H groups in total. The molecule has 3 heterocycles.